The van der Waals surface area contributed by atoms with Gasteiger partial charge >= 0.3 is 0 Å². The number of nitrogens with one attached hydrogen (secondary N) is 1. The molecule has 4 nitrogen and oxygen atoms in total. The second-order valence-corrected chi connectivity index (χ2v) is 5.40. The van der Waals surface area contributed by atoms with Crippen LogP contribution in [0.3, 0.4) is 0 Å². The zero-order chi connectivity index (χ0) is 15.1. The summed E-state index contributed by atoms with van der Waals surface area (Å²) < 4.78 is 4.76. The van der Waals surface area contributed by atoms with Crippen molar-refractivity contribution >= 4 is 5.91 Å². The first-order valence-electron chi connectivity index (χ1n) is 7.36. The lowest BCUT2D eigenvalue weighted by atomic mass is 10.0. The van der Waals surface area contributed by atoms with Crippen molar-refractivity contribution in [3.63, 3.8) is 0 Å². The molecule has 1 heterocycles. The second-order valence-electron chi connectivity index (χ2n) is 5.40. The van der Waals surface area contributed by atoms with E-state index in [9.17, 15) is 4.79 Å². The molecule has 4 heteroatoms. The van der Waals surface area contributed by atoms with Crippen molar-refractivity contribution in [1.29, 1.82) is 0 Å². The molecule has 0 spiro atoms. The monoisotopic (exact) mass is 286 g/mol. The van der Waals surface area contributed by atoms with Crippen molar-refractivity contribution in [3.8, 4) is 0 Å². The van der Waals surface area contributed by atoms with Crippen molar-refractivity contribution in [3.05, 3.63) is 52.9 Å². The minimum absolute atomic E-state index is 0.110. The Bertz CT molecular complexity index is 576. The van der Waals surface area contributed by atoms with Crippen molar-refractivity contribution in [1.82, 2.24) is 10.5 Å². The molecule has 2 rings (SSSR count). The lowest BCUT2D eigenvalue weighted by molar-refractivity contribution is -0.121. The molecule has 0 radical (unpaired) electrons. The zero-order valence-electron chi connectivity index (χ0n) is 12.7. The van der Waals surface area contributed by atoms with E-state index in [0.29, 0.717) is 13.0 Å². The average Bonchev–Trinajstić information content (AvgIpc) is 2.98. The summed E-state index contributed by atoms with van der Waals surface area (Å²) in [6.45, 7) is 4.89. The van der Waals surface area contributed by atoms with E-state index in [2.05, 4.69) is 42.5 Å². The van der Waals surface area contributed by atoms with Crippen LogP contribution in [-0.4, -0.2) is 17.6 Å². The number of hydrogen-bond donors (Lipinski definition) is 1. The molecule has 0 aliphatic heterocycles. The number of amides is 1. The van der Waals surface area contributed by atoms with E-state index in [1.165, 1.54) is 16.7 Å². The van der Waals surface area contributed by atoms with Gasteiger partial charge < -0.3 is 9.84 Å². The third kappa shape index (κ3) is 5.06. The van der Waals surface area contributed by atoms with Gasteiger partial charge in [-0.3, -0.25) is 4.79 Å². The summed E-state index contributed by atoms with van der Waals surface area (Å²) >= 11 is 0. The van der Waals surface area contributed by atoms with E-state index in [0.717, 1.165) is 24.8 Å². The molecule has 21 heavy (non-hydrogen) atoms. The first-order valence-corrected chi connectivity index (χ1v) is 7.36. The minimum atomic E-state index is 0.110. The molecule has 0 aliphatic rings. The van der Waals surface area contributed by atoms with Gasteiger partial charge in [-0.25, -0.2) is 0 Å². The summed E-state index contributed by atoms with van der Waals surface area (Å²) in [4.78, 5) is 11.8. The van der Waals surface area contributed by atoms with Crippen molar-refractivity contribution in [2.75, 3.05) is 6.54 Å². The number of benzene rings is 1. The summed E-state index contributed by atoms with van der Waals surface area (Å²) in [5.41, 5.74) is 4.86. The molecular weight excluding hydrogens is 264 g/mol. The van der Waals surface area contributed by atoms with Crippen molar-refractivity contribution in [2.24, 2.45) is 0 Å². The molecule has 0 bridgehead atoms. The first-order chi connectivity index (χ1) is 10.1. The van der Waals surface area contributed by atoms with Gasteiger partial charge in [0, 0.05) is 18.5 Å². The van der Waals surface area contributed by atoms with Crippen LogP contribution >= 0.6 is 0 Å². The van der Waals surface area contributed by atoms with Crippen LogP contribution in [0.5, 0.6) is 0 Å². The van der Waals surface area contributed by atoms with Crippen molar-refractivity contribution in [2.45, 2.75) is 39.5 Å². The molecule has 0 saturated heterocycles. The number of nitrogens with zero attached hydrogens (tertiary/aromatic N) is 1. The molecule has 1 aromatic carbocycles. The lowest BCUT2D eigenvalue weighted by Crippen LogP contribution is -2.24. The normalized spacial score (nSPS) is 10.6. The van der Waals surface area contributed by atoms with Crippen LogP contribution < -0.4 is 5.32 Å². The van der Waals surface area contributed by atoms with Crippen LogP contribution in [0.1, 0.15) is 35.1 Å². The van der Waals surface area contributed by atoms with Gasteiger partial charge in [-0.15, -0.1) is 0 Å². The molecule has 1 N–H and O–H groups in total. The molecule has 112 valence electrons. The predicted molar refractivity (Wildman–Crippen MR) is 82.1 cm³/mol. The number of aromatic nitrogens is 1. The van der Waals surface area contributed by atoms with E-state index in [4.69, 9.17) is 4.52 Å². The fraction of sp³-hybridized carbons (Fsp3) is 0.412. The van der Waals surface area contributed by atoms with Crippen LogP contribution in [-0.2, 0) is 17.6 Å². The van der Waals surface area contributed by atoms with E-state index < -0.39 is 0 Å². The summed E-state index contributed by atoms with van der Waals surface area (Å²) in [5.74, 6) is 0.110. The number of rotatable bonds is 7. The number of hydrogen-bond acceptors (Lipinski definition) is 3. The van der Waals surface area contributed by atoms with Crippen LogP contribution in [0.4, 0.5) is 0 Å². The van der Waals surface area contributed by atoms with Gasteiger partial charge in [0.2, 0.25) is 5.91 Å². The van der Waals surface area contributed by atoms with Crippen molar-refractivity contribution < 1.29 is 9.32 Å². The fourth-order valence-electron chi connectivity index (χ4n) is 2.18. The molecule has 0 atom stereocenters. The average molecular weight is 286 g/mol. The third-order valence-electron chi connectivity index (χ3n) is 3.66. The Balaban J connectivity index is 1.64. The Morgan fingerprint density at radius 1 is 1.19 bits per heavy atom. The highest BCUT2D eigenvalue weighted by Gasteiger charge is 2.03. The predicted octanol–water partition coefficient (Wildman–Crippen LogP) is 2.97. The second kappa shape index (κ2) is 7.62. The Morgan fingerprint density at radius 3 is 2.76 bits per heavy atom. The Labute approximate surface area is 125 Å². The Morgan fingerprint density at radius 2 is 2.05 bits per heavy atom. The molecule has 2 aromatic rings. The third-order valence-corrected chi connectivity index (χ3v) is 3.66. The topological polar surface area (TPSA) is 55.1 Å². The molecule has 1 aromatic heterocycles. The highest BCUT2D eigenvalue weighted by Crippen LogP contribution is 2.11. The van der Waals surface area contributed by atoms with E-state index in [-0.39, 0.29) is 5.91 Å². The molecule has 0 fully saturated rings. The van der Waals surface area contributed by atoms with Gasteiger partial charge in [0.05, 0.1) is 6.20 Å². The maximum Gasteiger partial charge on any atom is 0.220 e. The van der Waals surface area contributed by atoms with E-state index in [1.54, 1.807) is 12.5 Å². The van der Waals surface area contributed by atoms with E-state index in [1.807, 2.05) is 0 Å². The number of carbonyl (C=O) groups is 1. The summed E-state index contributed by atoms with van der Waals surface area (Å²) in [6, 6.07) is 6.37. The number of aryl methyl sites for hydroxylation is 4. The van der Waals surface area contributed by atoms with Gasteiger partial charge in [0.15, 0.2) is 0 Å². The quantitative estimate of drug-likeness (QED) is 0.796. The summed E-state index contributed by atoms with van der Waals surface area (Å²) in [5, 5.41) is 6.60. The molecule has 0 unspecified atom stereocenters. The Kier molecular flexibility index (Phi) is 5.55. The standard InChI is InChI=1S/C17H22N2O2/c1-13-5-6-15(10-14(13)2)7-8-17(20)18-9-3-4-16-11-19-21-12-16/h5-6,10-12H,3-4,7-9H2,1-2H3,(H,18,20). The van der Waals surface area contributed by atoms with Gasteiger partial charge in [-0.2, -0.15) is 0 Å². The fourth-order valence-corrected chi connectivity index (χ4v) is 2.18. The highest BCUT2D eigenvalue weighted by atomic mass is 16.5. The van der Waals surface area contributed by atoms with Gasteiger partial charge in [-0.05, 0) is 49.8 Å². The molecule has 1 amide bonds. The van der Waals surface area contributed by atoms with E-state index >= 15 is 0 Å². The van der Waals surface area contributed by atoms with Crippen LogP contribution in [0, 0.1) is 13.8 Å². The van der Waals surface area contributed by atoms with Gasteiger partial charge in [0.25, 0.3) is 0 Å². The largest absolute Gasteiger partial charge is 0.364 e. The maximum absolute atomic E-state index is 11.8. The molecule has 0 saturated carbocycles. The van der Waals surface area contributed by atoms with Gasteiger partial charge in [-0.1, -0.05) is 23.4 Å². The van der Waals surface area contributed by atoms with Gasteiger partial charge in [0.1, 0.15) is 6.26 Å². The van der Waals surface area contributed by atoms with Crippen LogP contribution in [0.25, 0.3) is 0 Å². The van der Waals surface area contributed by atoms with Crippen LogP contribution in [0.2, 0.25) is 0 Å². The SMILES string of the molecule is Cc1ccc(CCC(=O)NCCCc2cnoc2)cc1C. The Hall–Kier alpha value is -2.10. The summed E-state index contributed by atoms with van der Waals surface area (Å²) in [6.07, 6.45) is 6.45. The zero-order valence-corrected chi connectivity index (χ0v) is 12.7. The summed E-state index contributed by atoms with van der Waals surface area (Å²) in [7, 11) is 0. The lowest BCUT2D eigenvalue weighted by Gasteiger charge is -2.06. The first kappa shape index (κ1) is 15.3. The minimum Gasteiger partial charge on any atom is -0.364 e. The van der Waals surface area contributed by atoms with Crippen LogP contribution in [0.15, 0.2) is 35.2 Å². The molecular formula is C17H22N2O2. The maximum atomic E-state index is 11.8. The number of carbonyl (C=O) groups excluding carboxylic acids is 1. The highest BCUT2D eigenvalue weighted by molar-refractivity contribution is 5.76. The smallest absolute Gasteiger partial charge is 0.220 e. The molecule has 0 aliphatic carbocycles.